The maximum absolute atomic E-state index is 12.7. The highest BCUT2D eigenvalue weighted by atomic mass is 32.2. The van der Waals surface area contributed by atoms with Crippen LogP contribution < -0.4 is 10.0 Å². The number of nitrogens with one attached hydrogen (secondary N) is 2. The Balaban J connectivity index is 1.92. The molecule has 0 heterocycles. The van der Waals surface area contributed by atoms with E-state index in [0.717, 1.165) is 29.4 Å². The molecule has 3 rings (SSSR count). The number of nitro groups is 1. The summed E-state index contributed by atoms with van der Waals surface area (Å²) in [5, 5.41) is 23.6. The van der Waals surface area contributed by atoms with E-state index < -0.39 is 26.4 Å². The van der Waals surface area contributed by atoms with Gasteiger partial charge in [0.05, 0.1) is 21.2 Å². The summed E-state index contributed by atoms with van der Waals surface area (Å²) in [4.78, 5) is 9.78. The number of aromatic hydroxyl groups is 1. The summed E-state index contributed by atoms with van der Waals surface area (Å²) in [5.41, 5.74) is 1.97. The van der Waals surface area contributed by atoms with Gasteiger partial charge in [0.15, 0.2) is 5.75 Å². The number of hydrogen-bond acceptors (Lipinski definition) is 6. The molecule has 0 amide bonds. The van der Waals surface area contributed by atoms with Crippen molar-refractivity contribution < 1.29 is 18.4 Å². The van der Waals surface area contributed by atoms with Crippen LogP contribution in [0.3, 0.4) is 0 Å². The molecule has 0 spiro atoms. The van der Waals surface area contributed by atoms with E-state index in [4.69, 9.17) is 0 Å². The minimum absolute atomic E-state index is 0.277. The number of nitro benzene ring substituents is 1. The number of rotatable bonds is 6. The van der Waals surface area contributed by atoms with Crippen molar-refractivity contribution in [1.29, 1.82) is 0 Å². The minimum atomic E-state index is -4.11. The van der Waals surface area contributed by atoms with Gasteiger partial charge in [0.1, 0.15) is 0 Å². The van der Waals surface area contributed by atoms with Gasteiger partial charge in [-0.25, -0.2) is 8.42 Å². The molecular weight excluding hydrogens is 382 g/mol. The Bertz CT molecular complexity index is 1130. The minimum Gasteiger partial charge on any atom is -0.502 e. The van der Waals surface area contributed by atoms with Crippen molar-refractivity contribution in [3.63, 3.8) is 0 Å². The van der Waals surface area contributed by atoms with Gasteiger partial charge >= 0.3 is 5.69 Å². The van der Waals surface area contributed by atoms with E-state index in [-0.39, 0.29) is 10.6 Å². The average Bonchev–Trinajstić information content (AvgIpc) is 2.65. The largest absolute Gasteiger partial charge is 0.502 e. The highest BCUT2D eigenvalue weighted by molar-refractivity contribution is 7.92. The molecule has 0 bridgehead atoms. The Labute approximate surface area is 161 Å². The van der Waals surface area contributed by atoms with Gasteiger partial charge < -0.3 is 10.4 Å². The molecule has 28 heavy (non-hydrogen) atoms. The number of sulfonamides is 1. The third kappa shape index (κ3) is 4.21. The van der Waals surface area contributed by atoms with Gasteiger partial charge in [0.25, 0.3) is 10.0 Å². The Hall–Kier alpha value is -3.59. The molecule has 0 saturated carbocycles. The van der Waals surface area contributed by atoms with Crippen LogP contribution in [0.2, 0.25) is 0 Å². The van der Waals surface area contributed by atoms with Crippen LogP contribution in [0.15, 0.2) is 71.6 Å². The Morgan fingerprint density at radius 1 is 0.964 bits per heavy atom. The van der Waals surface area contributed by atoms with Crippen molar-refractivity contribution in [3.8, 4) is 5.75 Å². The molecule has 8 nitrogen and oxygen atoms in total. The third-order valence-corrected chi connectivity index (χ3v) is 5.32. The van der Waals surface area contributed by atoms with Gasteiger partial charge in [-0.3, -0.25) is 14.8 Å². The van der Waals surface area contributed by atoms with Crippen LogP contribution in [-0.4, -0.2) is 18.4 Å². The zero-order chi connectivity index (χ0) is 20.3. The second kappa shape index (κ2) is 7.57. The first-order valence-corrected chi connectivity index (χ1v) is 9.67. The molecule has 3 aromatic carbocycles. The maximum atomic E-state index is 12.7. The quantitative estimate of drug-likeness (QED) is 0.423. The van der Waals surface area contributed by atoms with Crippen molar-refractivity contribution in [2.45, 2.75) is 11.8 Å². The van der Waals surface area contributed by atoms with Crippen molar-refractivity contribution in [2.75, 3.05) is 10.0 Å². The monoisotopic (exact) mass is 399 g/mol. The first kappa shape index (κ1) is 19.2. The van der Waals surface area contributed by atoms with Crippen molar-refractivity contribution >= 4 is 32.8 Å². The summed E-state index contributed by atoms with van der Waals surface area (Å²) in [6.07, 6.45) is 0. The fourth-order valence-corrected chi connectivity index (χ4v) is 3.59. The number of nitrogens with zero attached hydrogens (tertiary/aromatic N) is 1. The number of phenols is 1. The predicted molar refractivity (Wildman–Crippen MR) is 106 cm³/mol. The van der Waals surface area contributed by atoms with Gasteiger partial charge in [-0.1, -0.05) is 29.8 Å². The summed E-state index contributed by atoms with van der Waals surface area (Å²) in [5.74, 6) is -0.606. The normalized spacial score (nSPS) is 11.0. The number of aryl methyl sites for hydroxylation is 1. The Kier molecular flexibility index (Phi) is 5.18. The molecule has 0 aliphatic carbocycles. The lowest BCUT2D eigenvalue weighted by molar-refractivity contribution is -0.386. The van der Waals surface area contributed by atoms with Crippen LogP contribution >= 0.6 is 0 Å². The Morgan fingerprint density at radius 2 is 1.61 bits per heavy atom. The third-order valence-electron chi connectivity index (χ3n) is 3.96. The van der Waals surface area contributed by atoms with E-state index in [1.807, 2.05) is 31.2 Å². The molecule has 0 unspecified atom stereocenters. The van der Waals surface area contributed by atoms with Crippen molar-refractivity contribution in [1.82, 2.24) is 0 Å². The number of anilines is 3. The van der Waals surface area contributed by atoms with Crippen molar-refractivity contribution in [3.05, 3.63) is 82.4 Å². The number of phenolic OH excluding ortho intramolecular Hbond substituents is 1. The fraction of sp³-hybridized carbons (Fsp3) is 0.0526. The van der Waals surface area contributed by atoms with Gasteiger partial charge in [0, 0.05) is 11.8 Å². The van der Waals surface area contributed by atoms with Crippen molar-refractivity contribution in [2.24, 2.45) is 0 Å². The summed E-state index contributed by atoms with van der Waals surface area (Å²) in [7, 11) is -4.11. The number of benzene rings is 3. The maximum Gasteiger partial charge on any atom is 0.312 e. The van der Waals surface area contributed by atoms with Crippen LogP contribution in [0.25, 0.3) is 0 Å². The number of para-hydroxylation sites is 2. The van der Waals surface area contributed by atoms with Gasteiger partial charge in [-0.15, -0.1) is 0 Å². The molecule has 3 N–H and O–H groups in total. The molecule has 0 fully saturated rings. The van der Waals surface area contributed by atoms with E-state index in [0.29, 0.717) is 5.69 Å². The highest BCUT2D eigenvalue weighted by Gasteiger charge is 2.22. The summed E-state index contributed by atoms with van der Waals surface area (Å²) in [6, 6.07) is 17.2. The van der Waals surface area contributed by atoms with E-state index in [1.165, 1.54) is 0 Å². The SMILES string of the molecule is Cc1ccc(Nc2ccccc2NS(=O)(=O)c2ccc(O)c([N+](=O)[O-])c2)cc1. The lowest BCUT2D eigenvalue weighted by Crippen LogP contribution is -2.14. The number of hydrogen-bond donors (Lipinski definition) is 3. The van der Waals surface area contributed by atoms with Gasteiger partial charge in [0.2, 0.25) is 0 Å². The average molecular weight is 399 g/mol. The smallest absolute Gasteiger partial charge is 0.312 e. The lowest BCUT2D eigenvalue weighted by atomic mass is 10.2. The Morgan fingerprint density at radius 3 is 2.25 bits per heavy atom. The van der Waals surface area contributed by atoms with Crippen LogP contribution in [-0.2, 0) is 10.0 Å². The van der Waals surface area contributed by atoms with E-state index in [9.17, 15) is 23.6 Å². The van der Waals surface area contributed by atoms with E-state index in [1.54, 1.807) is 24.3 Å². The highest BCUT2D eigenvalue weighted by Crippen LogP contribution is 2.31. The van der Waals surface area contributed by atoms with Gasteiger partial charge in [-0.05, 0) is 43.3 Å². The zero-order valence-electron chi connectivity index (χ0n) is 14.8. The topological polar surface area (TPSA) is 122 Å². The summed E-state index contributed by atoms with van der Waals surface area (Å²) in [6.45, 7) is 1.96. The predicted octanol–water partition coefficient (Wildman–Crippen LogP) is 4.15. The molecule has 9 heteroatoms. The molecule has 0 atom stereocenters. The van der Waals surface area contributed by atoms with E-state index >= 15 is 0 Å². The molecule has 0 aliphatic rings. The van der Waals surface area contributed by atoms with E-state index in [2.05, 4.69) is 10.0 Å². The molecule has 0 aromatic heterocycles. The summed E-state index contributed by atoms with van der Waals surface area (Å²) < 4.78 is 27.8. The first-order valence-electron chi connectivity index (χ1n) is 8.19. The second-order valence-corrected chi connectivity index (χ2v) is 7.73. The molecule has 0 radical (unpaired) electrons. The van der Waals surface area contributed by atoms with Crippen LogP contribution in [0.4, 0.5) is 22.7 Å². The first-order chi connectivity index (χ1) is 13.3. The van der Waals surface area contributed by atoms with Crippen LogP contribution in [0.5, 0.6) is 5.75 Å². The molecular formula is C19H17N3O5S. The fourth-order valence-electron chi connectivity index (χ4n) is 2.49. The van der Waals surface area contributed by atoms with Gasteiger partial charge in [-0.2, -0.15) is 0 Å². The molecule has 144 valence electrons. The molecule has 0 saturated heterocycles. The lowest BCUT2D eigenvalue weighted by Gasteiger charge is -2.14. The molecule has 3 aromatic rings. The zero-order valence-corrected chi connectivity index (χ0v) is 15.6. The molecule has 0 aliphatic heterocycles. The standard InChI is InChI=1S/C19H17N3O5S/c1-13-6-8-14(9-7-13)20-16-4-2-3-5-17(16)21-28(26,27)15-10-11-19(23)18(12-15)22(24)25/h2-12,20-21,23H,1H3. The second-order valence-electron chi connectivity index (χ2n) is 6.05. The summed E-state index contributed by atoms with van der Waals surface area (Å²) >= 11 is 0. The van der Waals surface area contributed by atoms with Crippen LogP contribution in [0.1, 0.15) is 5.56 Å². The van der Waals surface area contributed by atoms with Crippen LogP contribution in [0, 0.1) is 17.0 Å².